The van der Waals surface area contributed by atoms with Gasteiger partial charge in [0.1, 0.15) is 45.7 Å². The van der Waals surface area contributed by atoms with Gasteiger partial charge in [-0.2, -0.15) is 0 Å². The van der Waals surface area contributed by atoms with E-state index in [0.717, 1.165) is 0 Å². The number of benzene rings is 4. The average Bonchev–Trinajstić information content (AvgIpc) is 2.97. The van der Waals surface area contributed by atoms with Gasteiger partial charge in [0.15, 0.2) is 0 Å². The quantitative estimate of drug-likeness (QED) is 0.117. The summed E-state index contributed by atoms with van der Waals surface area (Å²) in [7, 11) is 0. The van der Waals surface area contributed by atoms with Crippen molar-refractivity contribution in [2.45, 2.75) is 64.1 Å². The third-order valence-corrected chi connectivity index (χ3v) is 9.53. The Labute approximate surface area is 261 Å². The van der Waals surface area contributed by atoms with E-state index in [-0.39, 0.29) is 66.8 Å². The average molecular weight is 621 g/mol. The molecule has 6 aromatic rings. The minimum atomic E-state index is -0.808. The van der Waals surface area contributed by atoms with Gasteiger partial charge in [-0.3, -0.25) is 9.59 Å². The summed E-state index contributed by atoms with van der Waals surface area (Å²) in [5.74, 6) is -0.783. The number of pyridine rings is 2. The number of ether oxygens (including phenoxy) is 2. The zero-order valence-corrected chi connectivity index (χ0v) is 25.7. The van der Waals surface area contributed by atoms with Crippen LogP contribution in [0.4, 0.5) is 0 Å². The fourth-order valence-electron chi connectivity index (χ4n) is 7.45. The fourth-order valence-corrected chi connectivity index (χ4v) is 7.45. The van der Waals surface area contributed by atoms with E-state index in [9.17, 15) is 30.0 Å². The number of fused-ring (bicyclic) bond motifs is 8. The minimum absolute atomic E-state index is 0.0138. The molecule has 2 aliphatic rings. The van der Waals surface area contributed by atoms with E-state index in [0.29, 0.717) is 47.2 Å². The van der Waals surface area contributed by atoms with Gasteiger partial charge in [-0.25, -0.2) is 0 Å². The van der Waals surface area contributed by atoms with Crippen LogP contribution in [0.15, 0.2) is 52.1 Å². The van der Waals surface area contributed by atoms with Crippen molar-refractivity contribution in [2.75, 3.05) is 0 Å². The summed E-state index contributed by atoms with van der Waals surface area (Å²) in [6.45, 7) is 7.68. The van der Waals surface area contributed by atoms with Crippen molar-refractivity contribution in [3.05, 3.63) is 79.6 Å². The van der Waals surface area contributed by atoms with Gasteiger partial charge in [-0.1, -0.05) is 12.1 Å². The highest BCUT2D eigenvalue weighted by atomic mass is 16.5. The second kappa shape index (κ2) is 9.09. The number of phenols is 4. The lowest BCUT2D eigenvalue weighted by atomic mass is 9.76. The molecule has 1 atom stereocenters. The van der Waals surface area contributed by atoms with Gasteiger partial charge < -0.3 is 39.9 Å². The highest BCUT2D eigenvalue weighted by Crippen LogP contribution is 2.56. The molecule has 6 N–H and O–H groups in total. The molecular weight excluding hydrogens is 588 g/mol. The molecule has 0 spiro atoms. The SMILES string of the molecule is CC1(C)C[C@@H](c2c3c(c4[nH]c5c(O)cccc5c(=O)c4c2O)CCC(C)(C)O3)c2c(cc(O)c3c(=O)c4cccc(O)c4[nH]c23)O1. The van der Waals surface area contributed by atoms with Crippen LogP contribution in [0.2, 0.25) is 0 Å². The van der Waals surface area contributed by atoms with Crippen LogP contribution in [0.1, 0.15) is 63.1 Å². The Hall–Kier alpha value is -5.38. The largest absolute Gasteiger partial charge is 0.507 e. The maximum absolute atomic E-state index is 14.1. The van der Waals surface area contributed by atoms with E-state index in [2.05, 4.69) is 9.97 Å². The van der Waals surface area contributed by atoms with Gasteiger partial charge in [0.25, 0.3) is 0 Å². The predicted molar refractivity (Wildman–Crippen MR) is 175 cm³/mol. The lowest BCUT2D eigenvalue weighted by molar-refractivity contribution is 0.0702. The number of aromatic nitrogens is 2. The van der Waals surface area contributed by atoms with Crippen molar-refractivity contribution in [1.82, 2.24) is 9.97 Å². The number of H-pyrrole nitrogens is 2. The molecule has 0 radical (unpaired) electrons. The molecule has 0 bridgehead atoms. The summed E-state index contributed by atoms with van der Waals surface area (Å²) < 4.78 is 13.0. The van der Waals surface area contributed by atoms with Gasteiger partial charge in [-0.05, 0) is 71.2 Å². The smallest absolute Gasteiger partial charge is 0.201 e. The zero-order valence-electron chi connectivity index (χ0n) is 25.7. The normalized spacial score (nSPS) is 18.3. The van der Waals surface area contributed by atoms with Crippen molar-refractivity contribution in [3.63, 3.8) is 0 Å². The molecule has 8 rings (SSSR count). The number of nitrogens with one attached hydrogen (secondary N) is 2. The highest BCUT2D eigenvalue weighted by Gasteiger charge is 2.43. The monoisotopic (exact) mass is 620 g/mol. The first-order valence-electron chi connectivity index (χ1n) is 15.2. The summed E-state index contributed by atoms with van der Waals surface area (Å²) in [4.78, 5) is 34.3. The second-order valence-corrected chi connectivity index (χ2v) is 13.7. The van der Waals surface area contributed by atoms with Crippen molar-refractivity contribution in [2.24, 2.45) is 0 Å². The van der Waals surface area contributed by atoms with Crippen molar-refractivity contribution < 1.29 is 29.9 Å². The molecule has 4 heterocycles. The standard InChI is InChI=1S/C36H32N2O8/c1-35(2)12-11-17-29-26(32(43)16-8-6-9-19(39)27(16)37-29)33(44)24(34(17)46-35)18-14-36(3,4)45-22-13-21(41)25-30(23(18)22)38-28-15(31(25)42)7-5-10-20(28)40/h5-10,13,18,39-41,44H,11-12,14H2,1-4H3,(H,37,43)(H,38,42)/t18-/m1/s1. The van der Waals surface area contributed by atoms with Gasteiger partial charge in [0.2, 0.25) is 10.9 Å². The minimum Gasteiger partial charge on any atom is -0.507 e. The van der Waals surface area contributed by atoms with Gasteiger partial charge in [0, 0.05) is 28.7 Å². The molecule has 10 heteroatoms. The van der Waals surface area contributed by atoms with Crippen molar-refractivity contribution >= 4 is 43.6 Å². The lowest BCUT2D eigenvalue weighted by Gasteiger charge is -2.41. The number of aromatic hydroxyl groups is 4. The van der Waals surface area contributed by atoms with E-state index >= 15 is 0 Å². The molecule has 0 fully saturated rings. The molecule has 0 unspecified atom stereocenters. The number of hydrogen-bond donors (Lipinski definition) is 6. The Bertz CT molecular complexity index is 2450. The number of aryl methyl sites for hydroxylation is 1. The summed E-state index contributed by atoms with van der Waals surface area (Å²) >= 11 is 0. The van der Waals surface area contributed by atoms with Crippen LogP contribution < -0.4 is 20.3 Å². The number of para-hydroxylation sites is 2. The molecule has 0 amide bonds. The Kier molecular flexibility index (Phi) is 5.56. The van der Waals surface area contributed by atoms with Crippen LogP contribution in [0.3, 0.4) is 0 Å². The van der Waals surface area contributed by atoms with Crippen LogP contribution in [0.5, 0.6) is 34.5 Å². The van der Waals surface area contributed by atoms with E-state index in [1.54, 1.807) is 24.3 Å². The Balaban J connectivity index is 1.55. The molecule has 2 aromatic heterocycles. The van der Waals surface area contributed by atoms with Crippen LogP contribution in [0.25, 0.3) is 43.6 Å². The first-order chi connectivity index (χ1) is 21.8. The first-order valence-corrected chi connectivity index (χ1v) is 15.2. The maximum Gasteiger partial charge on any atom is 0.201 e. The first kappa shape index (κ1) is 28.1. The Morgan fingerprint density at radius 1 is 0.717 bits per heavy atom. The molecule has 0 aliphatic carbocycles. The second-order valence-electron chi connectivity index (χ2n) is 13.7. The molecule has 46 heavy (non-hydrogen) atoms. The molecule has 4 aromatic carbocycles. The van der Waals surface area contributed by atoms with Gasteiger partial charge in [0.05, 0.1) is 43.6 Å². The predicted octanol–water partition coefficient (Wildman–Crippen LogP) is 6.30. The third kappa shape index (κ3) is 3.82. The van der Waals surface area contributed by atoms with Crippen molar-refractivity contribution in [1.29, 1.82) is 0 Å². The number of rotatable bonds is 1. The highest BCUT2D eigenvalue weighted by molar-refractivity contribution is 6.03. The number of aromatic amines is 2. The summed E-state index contributed by atoms with van der Waals surface area (Å²) in [5, 5.41) is 45.3. The topological polar surface area (TPSA) is 165 Å². The van der Waals surface area contributed by atoms with E-state index in [1.165, 1.54) is 18.2 Å². The Morgan fingerprint density at radius 3 is 1.98 bits per heavy atom. The van der Waals surface area contributed by atoms with Crippen LogP contribution in [-0.4, -0.2) is 41.6 Å². The fraction of sp³-hybridized carbons (Fsp3) is 0.278. The van der Waals surface area contributed by atoms with Gasteiger partial charge in [-0.15, -0.1) is 0 Å². The van der Waals surface area contributed by atoms with E-state index < -0.39 is 28.0 Å². The molecule has 0 saturated carbocycles. The summed E-state index contributed by atoms with van der Waals surface area (Å²) in [6.07, 6.45) is 1.46. The molecule has 234 valence electrons. The zero-order chi connectivity index (χ0) is 32.4. The van der Waals surface area contributed by atoms with Crippen LogP contribution >= 0.6 is 0 Å². The van der Waals surface area contributed by atoms with Gasteiger partial charge >= 0.3 is 0 Å². The number of hydrogen-bond acceptors (Lipinski definition) is 8. The van der Waals surface area contributed by atoms with Crippen LogP contribution in [0, 0.1) is 0 Å². The van der Waals surface area contributed by atoms with E-state index in [4.69, 9.17) is 9.47 Å². The molecule has 2 aliphatic heterocycles. The van der Waals surface area contributed by atoms with E-state index in [1.807, 2.05) is 27.7 Å². The molecule has 10 nitrogen and oxygen atoms in total. The lowest BCUT2D eigenvalue weighted by Crippen LogP contribution is -2.37. The number of phenolic OH excluding ortho intramolecular Hbond substituents is 4. The molecule has 0 saturated heterocycles. The maximum atomic E-state index is 14.1. The van der Waals surface area contributed by atoms with Crippen molar-refractivity contribution in [3.8, 4) is 34.5 Å². The Morgan fingerprint density at radius 2 is 1.33 bits per heavy atom. The summed E-state index contributed by atoms with van der Waals surface area (Å²) in [5.41, 5.74) is 0.280. The third-order valence-electron chi connectivity index (χ3n) is 9.53. The molecular formula is C36H32N2O8. The van der Waals surface area contributed by atoms with Crippen LogP contribution in [-0.2, 0) is 6.42 Å². The summed E-state index contributed by atoms with van der Waals surface area (Å²) in [6, 6.07) is 10.7.